The summed E-state index contributed by atoms with van der Waals surface area (Å²) in [5.41, 5.74) is 7.03. The third-order valence-electron chi connectivity index (χ3n) is 7.44. The number of thiazole rings is 2. The monoisotopic (exact) mass is 566 g/mol. The number of rotatable bonds is 6. The molecule has 8 nitrogen and oxygen atoms in total. The van der Waals surface area contributed by atoms with Crippen molar-refractivity contribution in [3.8, 4) is 22.5 Å². The lowest BCUT2D eigenvalue weighted by molar-refractivity contribution is -0.505. The average molecular weight is 567 g/mol. The Hall–Kier alpha value is -4.28. The minimum absolute atomic E-state index is 0.852. The number of piperazine rings is 1. The molecular formula is C30H30N8S2+2. The summed E-state index contributed by atoms with van der Waals surface area (Å²) in [6.07, 6.45) is 12.5. The Balaban J connectivity index is 0.927. The Morgan fingerprint density at radius 1 is 0.625 bits per heavy atom. The fraction of sp³-hybridized carbons (Fsp3) is 0.200. The summed E-state index contributed by atoms with van der Waals surface area (Å²) >= 11 is 3.49. The number of aryl methyl sites for hydroxylation is 2. The van der Waals surface area contributed by atoms with Crippen LogP contribution in [0.15, 0.2) is 94.3 Å². The van der Waals surface area contributed by atoms with Crippen LogP contribution < -0.4 is 8.80 Å². The Kier molecular flexibility index (Phi) is 6.41. The van der Waals surface area contributed by atoms with E-state index in [1.807, 2.05) is 12.4 Å². The molecule has 0 bridgehead atoms. The highest BCUT2D eigenvalue weighted by Gasteiger charge is 2.18. The summed E-state index contributed by atoms with van der Waals surface area (Å²) in [7, 11) is 4.23. The molecule has 1 aliphatic rings. The molecule has 200 valence electrons. The second kappa shape index (κ2) is 10.4. The predicted molar refractivity (Wildman–Crippen MR) is 162 cm³/mol. The topological polar surface area (TPSA) is 49.3 Å². The van der Waals surface area contributed by atoms with Crippen LogP contribution in [0.3, 0.4) is 0 Å². The van der Waals surface area contributed by atoms with Crippen molar-refractivity contribution >= 4 is 45.0 Å². The van der Waals surface area contributed by atoms with Gasteiger partial charge in [0.15, 0.2) is 11.4 Å². The first-order chi connectivity index (χ1) is 19.6. The molecule has 0 spiro atoms. The van der Waals surface area contributed by atoms with Crippen molar-refractivity contribution in [1.29, 1.82) is 0 Å². The Bertz CT molecular complexity index is 1690. The van der Waals surface area contributed by atoms with E-state index in [1.165, 1.54) is 32.4 Å². The number of imidazole rings is 2. The van der Waals surface area contributed by atoms with Gasteiger partial charge in [0.05, 0.1) is 52.7 Å². The van der Waals surface area contributed by atoms with Gasteiger partial charge in [-0.05, 0) is 35.4 Å². The van der Waals surface area contributed by atoms with Crippen LogP contribution in [0.1, 0.15) is 11.1 Å². The van der Waals surface area contributed by atoms with Crippen LogP contribution in [0.4, 0.5) is 0 Å². The van der Waals surface area contributed by atoms with E-state index in [2.05, 4.69) is 126 Å². The molecule has 0 amide bonds. The number of nitrogens with zero attached hydrogens (tertiary/aromatic N) is 8. The van der Waals surface area contributed by atoms with Gasteiger partial charge in [0.25, 0.3) is 0 Å². The summed E-state index contributed by atoms with van der Waals surface area (Å²) in [4.78, 5) is 2.45. The zero-order valence-electron chi connectivity index (χ0n) is 22.5. The molecule has 5 heterocycles. The normalized spacial score (nSPS) is 14.6. The quantitative estimate of drug-likeness (QED) is 0.223. The molecule has 0 radical (unpaired) electrons. The van der Waals surface area contributed by atoms with Crippen LogP contribution in [0, 0.1) is 0 Å². The summed E-state index contributed by atoms with van der Waals surface area (Å²) in [5, 5.41) is 17.9. The van der Waals surface area contributed by atoms with E-state index in [0.29, 0.717) is 0 Å². The van der Waals surface area contributed by atoms with Gasteiger partial charge in [0.1, 0.15) is 24.8 Å². The molecule has 0 N–H and O–H groups in total. The first-order valence-corrected chi connectivity index (χ1v) is 15.1. The Morgan fingerprint density at radius 3 is 1.40 bits per heavy atom. The van der Waals surface area contributed by atoms with Crippen molar-refractivity contribution in [2.75, 3.05) is 26.2 Å². The van der Waals surface area contributed by atoms with Gasteiger partial charge in [-0.25, -0.2) is 9.13 Å². The van der Waals surface area contributed by atoms with Gasteiger partial charge in [-0.1, -0.05) is 46.9 Å². The maximum absolute atomic E-state index is 4.73. The molecule has 0 unspecified atom stereocenters. The van der Waals surface area contributed by atoms with Gasteiger partial charge in [-0.3, -0.25) is 10.0 Å². The molecule has 2 aromatic carbocycles. The third kappa shape index (κ3) is 4.69. The van der Waals surface area contributed by atoms with E-state index >= 15 is 0 Å². The minimum Gasteiger partial charge on any atom is -0.293 e. The van der Waals surface area contributed by atoms with Crippen LogP contribution >= 0.6 is 22.7 Å². The number of hydrazone groups is 2. The fourth-order valence-corrected chi connectivity index (χ4v) is 6.75. The highest BCUT2D eigenvalue weighted by Crippen LogP contribution is 2.23. The number of hydrogen-bond acceptors (Lipinski definition) is 6. The van der Waals surface area contributed by atoms with Crippen molar-refractivity contribution in [3.05, 3.63) is 95.2 Å². The summed E-state index contributed by atoms with van der Waals surface area (Å²) in [5.74, 6) is 0. The first-order valence-electron chi connectivity index (χ1n) is 13.3. The number of benzene rings is 2. The highest BCUT2D eigenvalue weighted by atomic mass is 32.1. The zero-order chi connectivity index (χ0) is 27.1. The lowest BCUT2D eigenvalue weighted by Gasteiger charge is -2.31. The minimum atomic E-state index is 0.852. The zero-order valence-corrected chi connectivity index (χ0v) is 24.1. The standard InChI is InChI=1S/C30H30N8S2/c1-33-27(21-35-15-17-39-29(33)35)25-7-3-23(4-8-25)19-31-37-11-13-38(14-12-37)32-20-24-5-9-26(10-6-24)28-22-36-16-18-40-30(36)34(28)2/h3-10,15-22H,11-14H2,1-2H3/q+2. The lowest BCUT2D eigenvalue weighted by Crippen LogP contribution is -2.41. The number of fused-ring (bicyclic) bond motifs is 2. The lowest BCUT2D eigenvalue weighted by atomic mass is 10.1. The van der Waals surface area contributed by atoms with Crippen LogP contribution in [0.25, 0.3) is 32.4 Å². The molecule has 40 heavy (non-hydrogen) atoms. The van der Waals surface area contributed by atoms with E-state index in [1.54, 1.807) is 22.7 Å². The van der Waals surface area contributed by atoms with Gasteiger partial charge in [-0.15, -0.1) is 0 Å². The second-order valence-corrected chi connectivity index (χ2v) is 11.7. The molecule has 10 heteroatoms. The molecule has 0 atom stereocenters. The van der Waals surface area contributed by atoms with E-state index in [0.717, 1.165) is 37.3 Å². The molecule has 0 aliphatic carbocycles. The summed E-state index contributed by atoms with van der Waals surface area (Å²) in [6.45, 7) is 3.41. The Morgan fingerprint density at radius 2 is 1.02 bits per heavy atom. The molecule has 1 fully saturated rings. The van der Waals surface area contributed by atoms with E-state index in [4.69, 9.17) is 10.2 Å². The SMILES string of the molecule is Cn1c(-c2ccc(C=NN3CCN(N=Cc4ccc(-c5c[n+]6ccsc6n5C)cc4)CC3)cc2)c[n+]2ccsc12. The largest absolute Gasteiger partial charge is 0.345 e. The maximum atomic E-state index is 4.73. The average Bonchev–Trinajstić information content (AvgIpc) is 3.77. The maximum Gasteiger partial charge on any atom is 0.345 e. The van der Waals surface area contributed by atoms with Crippen LogP contribution in [0.5, 0.6) is 0 Å². The van der Waals surface area contributed by atoms with Gasteiger partial charge in [-0.2, -0.15) is 19.0 Å². The molecule has 6 aromatic rings. The smallest absolute Gasteiger partial charge is 0.293 e. The molecule has 7 rings (SSSR count). The summed E-state index contributed by atoms with van der Waals surface area (Å²) < 4.78 is 8.80. The van der Waals surface area contributed by atoms with E-state index in [-0.39, 0.29) is 0 Å². The van der Waals surface area contributed by atoms with Crippen molar-refractivity contribution in [2.24, 2.45) is 24.3 Å². The van der Waals surface area contributed by atoms with Crippen molar-refractivity contribution in [2.45, 2.75) is 0 Å². The predicted octanol–water partition coefficient (Wildman–Crippen LogP) is 4.28. The third-order valence-corrected chi connectivity index (χ3v) is 9.34. The first kappa shape index (κ1) is 24.7. The van der Waals surface area contributed by atoms with Crippen LogP contribution in [-0.2, 0) is 14.1 Å². The van der Waals surface area contributed by atoms with Crippen LogP contribution in [-0.4, -0.2) is 57.8 Å². The van der Waals surface area contributed by atoms with Gasteiger partial charge >= 0.3 is 9.92 Å². The van der Waals surface area contributed by atoms with Crippen molar-refractivity contribution < 1.29 is 8.80 Å². The van der Waals surface area contributed by atoms with Crippen molar-refractivity contribution in [3.63, 3.8) is 0 Å². The molecule has 1 saturated heterocycles. The second-order valence-electron chi connectivity index (χ2n) is 9.97. The number of aromatic nitrogens is 4. The Labute approximate surface area is 240 Å². The van der Waals surface area contributed by atoms with E-state index in [9.17, 15) is 0 Å². The molecule has 0 saturated carbocycles. The molecule has 1 aliphatic heterocycles. The molecule has 4 aromatic heterocycles. The summed E-state index contributed by atoms with van der Waals surface area (Å²) in [6, 6.07) is 17.2. The fourth-order valence-electron chi connectivity index (χ4n) is 5.14. The van der Waals surface area contributed by atoms with E-state index < -0.39 is 0 Å². The number of hydrogen-bond donors (Lipinski definition) is 0. The van der Waals surface area contributed by atoms with Gasteiger partial charge in [0.2, 0.25) is 0 Å². The van der Waals surface area contributed by atoms with Gasteiger partial charge < -0.3 is 0 Å². The van der Waals surface area contributed by atoms with Crippen LogP contribution in [0.2, 0.25) is 0 Å². The van der Waals surface area contributed by atoms with Crippen molar-refractivity contribution in [1.82, 2.24) is 19.2 Å². The molecular weight excluding hydrogens is 537 g/mol. The van der Waals surface area contributed by atoms with Gasteiger partial charge in [0, 0.05) is 21.9 Å². The highest BCUT2D eigenvalue weighted by molar-refractivity contribution is 7.14.